The van der Waals surface area contributed by atoms with Crippen LogP contribution >= 0.6 is 0 Å². The molecule has 20 heavy (non-hydrogen) atoms. The number of hydrogen-bond donors (Lipinski definition) is 1. The van der Waals surface area contributed by atoms with Crippen molar-refractivity contribution in [2.75, 3.05) is 6.54 Å². The van der Waals surface area contributed by atoms with Gasteiger partial charge in [0.05, 0.1) is 0 Å². The van der Waals surface area contributed by atoms with E-state index in [4.69, 9.17) is 0 Å². The number of aromatic nitrogens is 1. The van der Waals surface area contributed by atoms with Gasteiger partial charge in [-0.2, -0.15) is 8.78 Å². The molecular weight excluding hydrogens is 262 g/mol. The summed E-state index contributed by atoms with van der Waals surface area (Å²) < 4.78 is 28.3. The average Bonchev–Trinajstić information content (AvgIpc) is 2.46. The Morgan fingerprint density at radius 2 is 1.90 bits per heavy atom. The molecule has 0 unspecified atom stereocenters. The Hall–Kier alpha value is -2.01. The van der Waals surface area contributed by atoms with E-state index in [9.17, 15) is 8.78 Å². The Kier molecular flexibility index (Phi) is 5.43. The highest BCUT2D eigenvalue weighted by molar-refractivity contribution is 5.27. The van der Waals surface area contributed by atoms with Crippen molar-refractivity contribution in [1.82, 2.24) is 10.3 Å². The van der Waals surface area contributed by atoms with Crippen LogP contribution < -0.4 is 10.1 Å². The third kappa shape index (κ3) is 4.93. The highest BCUT2D eigenvalue weighted by atomic mass is 19.3. The minimum absolute atomic E-state index is 0.178. The summed E-state index contributed by atoms with van der Waals surface area (Å²) in [4.78, 5) is 4.23. The van der Waals surface area contributed by atoms with Gasteiger partial charge < -0.3 is 10.1 Å². The summed E-state index contributed by atoms with van der Waals surface area (Å²) in [5.41, 5.74) is 2.06. The van der Waals surface area contributed by atoms with Crippen molar-refractivity contribution in [3.05, 3.63) is 59.9 Å². The van der Waals surface area contributed by atoms with Crippen LogP contribution in [0.15, 0.2) is 48.7 Å². The van der Waals surface area contributed by atoms with E-state index in [1.807, 2.05) is 18.2 Å². The van der Waals surface area contributed by atoms with Crippen LogP contribution in [-0.4, -0.2) is 18.1 Å². The van der Waals surface area contributed by atoms with E-state index in [1.54, 1.807) is 30.5 Å². The zero-order valence-electron chi connectivity index (χ0n) is 10.9. The summed E-state index contributed by atoms with van der Waals surface area (Å²) in [6, 6.07) is 12.5. The van der Waals surface area contributed by atoms with Gasteiger partial charge in [0.25, 0.3) is 0 Å². The van der Waals surface area contributed by atoms with E-state index < -0.39 is 6.61 Å². The summed E-state index contributed by atoms with van der Waals surface area (Å²) in [7, 11) is 0. The molecule has 0 radical (unpaired) electrons. The summed E-state index contributed by atoms with van der Waals surface area (Å²) in [5, 5.41) is 3.28. The number of nitrogens with one attached hydrogen (secondary N) is 1. The summed E-state index contributed by atoms with van der Waals surface area (Å²) in [5.74, 6) is 0.178. The van der Waals surface area contributed by atoms with Crippen molar-refractivity contribution >= 4 is 0 Å². The Balaban J connectivity index is 1.71. The molecule has 1 aromatic carbocycles. The number of hydrogen-bond acceptors (Lipinski definition) is 3. The number of pyridine rings is 1. The number of ether oxygens (including phenoxy) is 1. The number of rotatable bonds is 7. The molecule has 106 valence electrons. The second kappa shape index (κ2) is 7.55. The van der Waals surface area contributed by atoms with Gasteiger partial charge in [-0.3, -0.25) is 4.98 Å². The minimum atomic E-state index is -2.78. The minimum Gasteiger partial charge on any atom is -0.435 e. The first-order chi connectivity index (χ1) is 9.74. The SMILES string of the molecule is FC(F)Oc1ccc(CNCCc2ccccn2)cc1. The molecular formula is C15H16F2N2O. The smallest absolute Gasteiger partial charge is 0.387 e. The van der Waals surface area contributed by atoms with Crippen LogP contribution in [0.5, 0.6) is 5.75 Å². The van der Waals surface area contributed by atoms with Crippen molar-refractivity contribution in [2.24, 2.45) is 0 Å². The second-order valence-electron chi connectivity index (χ2n) is 4.27. The van der Waals surface area contributed by atoms with Crippen LogP contribution in [0.25, 0.3) is 0 Å². The Labute approximate surface area is 116 Å². The molecule has 2 aromatic rings. The van der Waals surface area contributed by atoms with Crippen LogP contribution in [0.1, 0.15) is 11.3 Å². The van der Waals surface area contributed by atoms with Crippen molar-refractivity contribution in [3.63, 3.8) is 0 Å². The molecule has 2 rings (SSSR count). The van der Waals surface area contributed by atoms with E-state index in [1.165, 1.54) is 0 Å². The molecule has 1 aromatic heterocycles. The molecule has 1 N–H and O–H groups in total. The standard InChI is InChI=1S/C15H16F2N2O/c16-15(17)20-14-6-4-12(5-7-14)11-18-10-8-13-3-1-2-9-19-13/h1-7,9,15,18H,8,10-11H2. The van der Waals surface area contributed by atoms with Gasteiger partial charge in [-0.05, 0) is 29.8 Å². The van der Waals surface area contributed by atoms with E-state index in [0.717, 1.165) is 24.2 Å². The van der Waals surface area contributed by atoms with Crippen LogP contribution in [0, 0.1) is 0 Å². The fourth-order valence-electron chi connectivity index (χ4n) is 1.78. The zero-order valence-corrected chi connectivity index (χ0v) is 10.9. The van der Waals surface area contributed by atoms with Gasteiger partial charge in [0, 0.05) is 31.4 Å². The Bertz CT molecular complexity index is 503. The zero-order chi connectivity index (χ0) is 14.2. The van der Waals surface area contributed by atoms with E-state index in [-0.39, 0.29) is 5.75 Å². The average molecular weight is 278 g/mol. The molecule has 0 saturated heterocycles. The van der Waals surface area contributed by atoms with Gasteiger partial charge in [-0.15, -0.1) is 0 Å². The quantitative estimate of drug-likeness (QED) is 0.791. The molecule has 3 nitrogen and oxygen atoms in total. The summed E-state index contributed by atoms with van der Waals surface area (Å²) in [6.45, 7) is -1.29. The first kappa shape index (κ1) is 14.4. The lowest BCUT2D eigenvalue weighted by atomic mass is 10.2. The molecule has 0 bridgehead atoms. The monoisotopic (exact) mass is 278 g/mol. The molecule has 0 aliphatic carbocycles. The van der Waals surface area contributed by atoms with Gasteiger partial charge >= 0.3 is 6.61 Å². The first-order valence-electron chi connectivity index (χ1n) is 6.38. The normalized spacial score (nSPS) is 10.8. The lowest BCUT2D eigenvalue weighted by molar-refractivity contribution is -0.0498. The molecule has 0 amide bonds. The van der Waals surface area contributed by atoms with Gasteiger partial charge in [0.1, 0.15) is 5.75 Å². The van der Waals surface area contributed by atoms with Crippen molar-refractivity contribution in [3.8, 4) is 5.75 Å². The van der Waals surface area contributed by atoms with Gasteiger partial charge in [0.15, 0.2) is 0 Å². The van der Waals surface area contributed by atoms with Crippen molar-refractivity contribution in [2.45, 2.75) is 19.6 Å². The van der Waals surface area contributed by atoms with Crippen LogP contribution in [0.3, 0.4) is 0 Å². The second-order valence-corrected chi connectivity index (χ2v) is 4.27. The molecule has 0 spiro atoms. The van der Waals surface area contributed by atoms with Crippen LogP contribution in [-0.2, 0) is 13.0 Å². The molecule has 0 aliphatic rings. The molecule has 0 saturated carbocycles. The summed E-state index contributed by atoms with van der Waals surface area (Å²) >= 11 is 0. The topological polar surface area (TPSA) is 34.1 Å². The lowest BCUT2D eigenvalue weighted by Gasteiger charge is -2.07. The molecule has 0 aliphatic heterocycles. The van der Waals surface area contributed by atoms with Crippen molar-refractivity contribution in [1.29, 1.82) is 0 Å². The molecule has 5 heteroatoms. The predicted molar refractivity (Wildman–Crippen MR) is 72.7 cm³/mol. The van der Waals surface area contributed by atoms with Gasteiger partial charge in [0.2, 0.25) is 0 Å². The van der Waals surface area contributed by atoms with E-state index >= 15 is 0 Å². The Morgan fingerprint density at radius 1 is 1.10 bits per heavy atom. The molecule has 1 heterocycles. The number of nitrogens with zero attached hydrogens (tertiary/aromatic N) is 1. The van der Waals surface area contributed by atoms with Crippen molar-refractivity contribution < 1.29 is 13.5 Å². The maximum Gasteiger partial charge on any atom is 0.387 e. The maximum atomic E-state index is 12.0. The third-order valence-corrected chi connectivity index (χ3v) is 2.76. The number of alkyl halides is 2. The van der Waals surface area contributed by atoms with E-state index in [0.29, 0.717) is 6.54 Å². The highest BCUT2D eigenvalue weighted by Crippen LogP contribution is 2.14. The summed E-state index contributed by atoms with van der Waals surface area (Å²) in [6.07, 6.45) is 2.63. The Morgan fingerprint density at radius 3 is 2.55 bits per heavy atom. The number of benzene rings is 1. The molecule has 0 atom stereocenters. The highest BCUT2D eigenvalue weighted by Gasteiger charge is 2.03. The maximum absolute atomic E-state index is 12.0. The third-order valence-electron chi connectivity index (χ3n) is 2.76. The lowest BCUT2D eigenvalue weighted by Crippen LogP contribution is -2.17. The van der Waals surface area contributed by atoms with Gasteiger partial charge in [-0.25, -0.2) is 0 Å². The van der Waals surface area contributed by atoms with Crippen LogP contribution in [0.4, 0.5) is 8.78 Å². The van der Waals surface area contributed by atoms with Crippen LogP contribution in [0.2, 0.25) is 0 Å². The molecule has 0 fully saturated rings. The fraction of sp³-hybridized carbons (Fsp3) is 0.267. The van der Waals surface area contributed by atoms with Gasteiger partial charge in [-0.1, -0.05) is 18.2 Å². The number of halogens is 2. The first-order valence-corrected chi connectivity index (χ1v) is 6.38. The van der Waals surface area contributed by atoms with E-state index in [2.05, 4.69) is 15.0 Å². The predicted octanol–water partition coefficient (Wildman–Crippen LogP) is 3.02. The fourth-order valence-corrected chi connectivity index (χ4v) is 1.78. The largest absolute Gasteiger partial charge is 0.435 e.